The second kappa shape index (κ2) is 5.13. The van der Waals surface area contributed by atoms with Crippen LogP contribution in [0.25, 0.3) is 11.3 Å². The fourth-order valence-electron chi connectivity index (χ4n) is 2.91. The number of aromatic amines is 1. The predicted molar refractivity (Wildman–Crippen MR) is 79.2 cm³/mol. The van der Waals surface area contributed by atoms with Crippen molar-refractivity contribution in [3.8, 4) is 17.3 Å². The molecule has 3 rings (SSSR count). The molecule has 1 aromatic carbocycles. The summed E-state index contributed by atoms with van der Waals surface area (Å²) in [4.78, 5) is 7.72. The van der Waals surface area contributed by atoms with Gasteiger partial charge in [-0.2, -0.15) is 5.26 Å². The normalized spacial score (nSPS) is 15.1. The molecule has 0 aliphatic heterocycles. The summed E-state index contributed by atoms with van der Waals surface area (Å²) in [7, 11) is 0. The number of nitrogens with zero attached hydrogens (tertiary/aromatic N) is 2. The smallest absolute Gasteiger partial charge is 0.124 e. The lowest BCUT2D eigenvalue weighted by molar-refractivity contribution is 0.566. The second-order valence-electron chi connectivity index (χ2n) is 5.87. The minimum Gasteiger partial charge on any atom is -0.341 e. The molecule has 0 saturated heterocycles. The number of hydrogen-bond acceptors (Lipinski definition) is 2. The van der Waals surface area contributed by atoms with Gasteiger partial charge in [-0.1, -0.05) is 26.0 Å². The molecule has 20 heavy (non-hydrogen) atoms. The molecule has 1 unspecified atom stereocenters. The molecule has 1 atom stereocenters. The molecule has 1 aromatic heterocycles. The maximum atomic E-state index is 9.25. The van der Waals surface area contributed by atoms with Crippen molar-refractivity contribution in [1.82, 2.24) is 9.97 Å². The first-order valence-electron chi connectivity index (χ1n) is 7.25. The highest BCUT2D eigenvalue weighted by Gasteiger charge is 2.19. The predicted octanol–water partition coefficient (Wildman–Crippen LogP) is 3.83. The van der Waals surface area contributed by atoms with Gasteiger partial charge >= 0.3 is 0 Å². The molecule has 0 radical (unpaired) electrons. The first-order valence-corrected chi connectivity index (χ1v) is 7.25. The van der Waals surface area contributed by atoms with Gasteiger partial charge < -0.3 is 4.98 Å². The van der Waals surface area contributed by atoms with Crippen LogP contribution in [0.5, 0.6) is 0 Å². The van der Waals surface area contributed by atoms with Gasteiger partial charge in [0.2, 0.25) is 0 Å². The lowest BCUT2D eigenvalue weighted by Gasteiger charge is -2.09. The fourth-order valence-corrected chi connectivity index (χ4v) is 2.91. The Kier molecular flexibility index (Phi) is 3.31. The number of nitrogens with one attached hydrogen (secondary N) is 1. The van der Waals surface area contributed by atoms with Crippen molar-refractivity contribution in [2.24, 2.45) is 5.92 Å². The number of fused-ring (bicyclic) bond motifs is 1. The SMILES string of the molecule is CC(C)C(C#N)c1ncc(-c2ccc3c(c2)CCC3)[nH]1. The Morgan fingerprint density at radius 1 is 1.25 bits per heavy atom. The lowest BCUT2D eigenvalue weighted by atomic mass is 9.97. The number of H-pyrrole nitrogens is 1. The van der Waals surface area contributed by atoms with Gasteiger partial charge in [-0.05, 0) is 47.9 Å². The molecule has 3 nitrogen and oxygen atoms in total. The summed E-state index contributed by atoms with van der Waals surface area (Å²) >= 11 is 0. The van der Waals surface area contributed by atoms with Gasteiger partial charge in [0.1, 0.15) is 11.7 Å². The van der Waals surface area contributed by atoms with Crippen LogP contribution in [0.2, 0.25) is 0 Å². The molecule has 0 bridgehead atoms. The number of aryl methyl sites for hydroxylation is 2. The first kappa shape index (κ1) is 12.9. The van der Waals surface area contributed by atoms with E-state index >= 15 is 0 Å². The standard InChI is InChI=1S/C17H19N3/c1-11(2)15(9-18)17-19-10-16(20-17)14-7-6-12-4-3-5-13(12)8-14/h6-8,10-11,15H,3-5H2,1-2H3,(H,19,20). The van der Waals surface area contributed by atoms with E-state index in [4.69, 9.17) is 0 Å². The van der Waals surface area contributed by atoms with Crippen molar-refractivity contribution in [1.29, 1.82) is 5.26 Å². The number of hydrogen-bond donors (Lipinski definition) is 1. The summed E-state index contributed by atoms with van der Waals surface area (Å²) in [6, 6.07) is 8.97. The van der Waals surface area contributed by atoms with Crippen molar-refractivity contribution < 1.29 is 0 Å². The van der Waals surface area contributed by atoms with Crippen molar-refractivity contribution in [2.45, 2.75) is 39.0 Å². The Morgan fingerprint density at radius 3 is 2.80 bits per heavy atom. The van der Waals surface area contributed by atoms with Crippen LogP contribution in [0.3, 0.4) is 0 Å². The lowest BCUT2D eigenvalue weighted by Crippen LogP contribution is -2.05. The van der Waals surface area contributed by atoms with E-state index < -0.39 is 0 Å². The number of benzene rings is 1. The molecule has 0 spiro atoms. The molecule has 2 aromatic rings. The van der Waals surface area contributed by atoms with Crippen LogP contribution in [0.1, 0.15) is 43.1 Å². The zero-order valence-electron chi connectivity index (χ0n) is 12.0. The first-order chi connectivity index (χ1) is 9.69. The molecule has 1 heterocycles. The maximum absolute atomic E-state index is 9.25. The average Bonchev–Trinajstić information content (AvgIpc) is 3.06. The van der Waals surface area contributed by atoms with E-state index in [2.05, 4.69) is 34.2 Å². The van der Waals surface area contributed by atoms with Crippen LogP contribution >= 0.6 is 0 Å². The third kappa shape index (κ3) is 2.22. The van der Waals surface area contributed by atoms with Crippen LogP contribution in [-0.2, 0) is 12.8 Å². The number of imidazole rings is 1. The van der Waals surface area contributed by atoms with Gasteiger partial charge in [0, 0.05) is 0 Å². The van der Waals surface area contributed by atoms with Gasteiger partial charge in [-0.3, -0.25) is 0 Å². The van der Waals surface area contributed by atoms with Crippen molar-refractivity contribution in [3.63, 3.8) is 0 Å². The Hall–Kier alpha value is -2.08. The molecular weight excluding hydrogens is 246 g/mol. The molecule has 0 saturated carbocycles. The van der Waals surface area contributed by atoms with E-state index in [1.54, 1.807) is 0 Å². The molecule has 102 valence electrons. The van der Waals surface area contributed by atoms with E-state index in [0.29, 0.717) is 0 Å². The molecule has 0 fully saturated rings. The molecular formula is C17H19N3. The van der Waals surface area contributed by atoms with E-state index in [0.717, 1.165) is 11.5 Å². The Morgan fingerprint density at radius 2 is 2.05 bits per heavy atom. The van der Waals surface area contributed by atoms with Crippen molar-refractivity contribution >= 4 is 0 Å². The highest BCUT2D eigenvalue weighted by molar-refractivity contribution is 5.61. The Balaban J connectivity index is 1.92. The topological polar surface area (TPSA) is 52.5 Å². The third-order valence-corrected chi connectivity index (χ3v) is 4.11. The van der Waals surface area contributed by atoms with Crippen LogP contribution in [0, 0.1) is 17.2 Å². The second-order valence-corrected chi connectivity index (χ2v) is 5.87. The van der Waals surface area contributed by atoms with Gasteiger partial charge in [0.05, 0.1) is 18.0 Å². The summed E-state index contributed by atoms with van der Waals surface area (Å²) in [6.07, 6.45) is 5.49. The van der Waals surface area contributed by atoms with Crippen LogP contribution in [0.4, 0.5) is 0 Å². The van der Waals surface area contributed by atoms with E-state index in [1.807, 2.05) is 20.0 Å². The molecule has 0 amide bonds. The zero-order valence-corrected chi connectivity index (χ0v) is 12.0. The third-order valence-electron chi connectivity index (χ3n) is 4.11. The van der Waals surface area contributed by atoms with Crippen LogP contribution in [-0.4, -0.2) is 9.97 Å². The Labute approximate surface area is 119 Å². The highest BCUT2D eigenvalue weighted by Crippen LogP contribution is 2.29. The molecule has 1 N–H and O–H groups in total. The largest absolute Gasteiger partial charge is 0.341 e. The van der Waals surface area contributed by atoms with E-state index in [1.165, 1.54) is 36.0 Å². The number of rotatable bonds is 3. The average molecular weight is 265 g/mol. The van der Waals surface area contributed by atoms with Gasteiger partial charge in [0.15, 0.2) is 0 Å². The van der Waals surface area contributed by atoms with E-state index in [-0.39, 0.29) is 11.8 Å². The summed E-state index contributed by atoms with van der Waals surface area (Å²) in [5.74, 6) is 0.871. The van der Waals surface area contributed by atoms with Gasteiger partial charge in [-0.15, -0.1) is 0 Å². The van der Waals surface area contributed by atoms with Crippen molar-refractivity contribution in [2.75, 3.05) is 0 Å². The molecule has 1 aliphatic carbocycles. The molecule has 3 heteroatoms. The number of aromatic nitrogens is 2. The Bertz CT molecular complexity index is 661. The molecule has 1 aliphatic rings. The van der Waals surface area contributed by atoms with Gasteiger partial charge in [-0.25, -0.2) is 4.98 Å². The van der Waals surface area contributed by atoms with Crippen LogP contribution < -0.4 is 0 Å². The van der Waals surface area contributed by atoms with Gasteiger partial charge in [0.25, 0.3) is 0 Å². The van der Waals surface area contributed by atoms with E-state index in [9.17, 15) is 5.26 Å². The summed E-state index contributed by atoms with van der Waals surface area (Å²) in [6.45, 7) is 4.09. The fraction of sp³-hybridized carbons (Fsp3) is 0.412. The summed E-state index contributed by atoms with van der Waals surface area (Å²) in [5.41, 5.74) is 5.12. The van der Waals surface area contributed by atoms with Crippen LogP contribution in [0.15, 0.2) is 24.4 Å². The quantitative estimate of drug-likeness (QED) is 0.917. The zero-order chi connectivity index (χ0) is 14.1. The minimum absolute atomic E-state index is 0.168. The summed E-state index contributed by atoms with van der Waals surface area (Å²) in [5, 5.41) is 9.25. The summed E-state index contributed by atoms with van der Waals surface area (Å²) < 4.78 is 0. The van der Waals surface area contributed by atoms with Crippen molar-refractivity contribution in [3.05, 3.63) is 41.3 Å². The number of nitriles is 1. The monoisotopic (exact) mass is 265 g/mol. The highest BCUT2D eigenvalue weighted by atomic mass is 14.9. The minimum atomic E-state index is -0.168. The maximum Gasteiger partial charge on any atom is 0.124 e.